The van der Waals surface area contributed by atoms with Crippen LogP contribution in [-0.4, -0.2) is 39.3 Å². The van der Waals surface area contributed by atoms with E-state index in [9.17, 15) is 9.32 Å². The van der Waals surface area contributed by atoms with Crippen molar-refractivity contribution in [2.75, 3.05) is 13.2 Å². The van der Waals surface area contributed by atoms with Crippen LogP contribution in [0.3, 0.4) is 0 Å². The van der Waals surface area contributed by atoms with E-state index in [4.69, 9.17) is 21.1 Å². The minimum absolute atomic E-state index is 0.00610. The molecule has 120 valence electrons. The van der Waals surface area contributed by atoms with Gasteiger partial charge in [-0.3, -0.25) is 4.21 Å². The van der Waals surface area contributed by atoms with Gasteiger partial charge < -0.3 is 19.5 Å². The predicted octanol–water partition coefficient (Wildman–Crippen LogP) is 2.91. The van der Waals surface area contributed by atoms with Crippen molar-refractivity contribution in [3.8, 4) is 0 Å². The number of hydrogen-bond acceptors (Lipinski definition) is 5. The fourth-order valence-corrected chi connectivity index (χ4v) is 4.15. The van der Waals surface area contributed by atoms with Crippen molar-refractivity contribution in [2.24, 2.45) is 0 Å². The highest BCUT2D eigenvalue weighted by atomic mass is 35.5. The van der Waals surface area contributed by atoms with Gasteiger partial charge in [-0.05, 0) is 31.5 Å². The topological polar surface area (TPSA) is 59.0 Å². The lowest BCUT2D eigenvalue weighted by atomic mass is 10.2. The molecule has 1 aromatic rings. The Morgan fingerprint density at radius 3 is 2.68 bits per heavy atom. The van der Waals surface area contributed by atoms with Gasteiger partial charge in [0.15, 0.2) is 11.7 Å². The average molecular weight is 344 g/mol. The fraction of sp³-hybridized carbons (Fsp3) is 0.467. The van der Waals surface area contributed by atoms with Crippen molar-refractivity contribution in [3.63, 3.8) is 0 Å². The van der Waals surface area contributed by atoms with Crippen molar-refractivity contribution in [3.05, 3.63) is 46.1 Å². The minimum atomic E-state index is -1.32. The van der Waals surface area contributed by atoms with Gasteiger partial charge in [0.05, 0.1) is 29.4 Å². The van der Waals surface area contributed by atoms with Crippen LogP contribution in [0, 0.1) is 0 Å². The first-order valence-electron chi connectivity index (χ1n) is 7.00. The molecular formula is C15H18ClNO4S. The molecule has 0 saturated carbocycles. The van der Waals surface area contributed by atoms with Crippen molar-refractivity contribution in [1.29, 1.82) is 0 Å². The van der Waals surface area contributed by atoms with E-state index in [-0.39, 0.29) is 12.0 Å². The summed E-state index contributed by atoms with van der Waals surface area (Å²) in [5, 5.41) is 11.6. The molecule has 7 heteroatoms. The summed E-state index contributed by atoms with van der Waals surface area (Å²) in [6.07, 6.45) is -0.185. The maximum atomic E-state index is 12.3. The number of benzene rings is 1. The lowest BCUT2D eigenvalue weighted by Crippen LogP contribution is -2.35. The van der Waals surface area contributed by atoms with Gasteiger partial charge in [0, 0.05) is 5.02 Å². The maximum absolute atomic E-state index is 12.3. The summed E-state index contributed by atoms with van der Waals surface area (Å²) in [5.41, 5.74) is 0.834. The molecule has 1 aromatic carbocycles. The van der Waals surface area contributed by atoms with Crippen LogP contribution in [0.15, 0.2) is 35.6 Å². The summed E-state index contributed by atoms with van der Waals surface area (Å²) in [7, 11) is -1.32. The summed E-state index contributed by atoms with van der Waals surface area (Å²) < 4.78 is 23.6. The van der Waals surface area contributed by atoms with E-state index in [1.165, 1.54) is 5.41 Å². The molecule has 1 fully saturated rings. The van der Waals surface area contributed by atoms with E-state index in [0.717, 1.165) is 5.56 Å². The molecule has 2 aliphatic heterocycles. The second-order valence-electron chi connectivity index (χ2n) is 5.81. The maximum Gasteiger partial charge on any atom is 0.197 e. The van der Waals surface area contributed by atoms with Gasteiger partial charge in [-0.15, -0.1) is 0 Å². The van der Waals surface area contributed by atoms with Crippen LogP contribution in [0.1, 0.15) is 24.8 Å². The van der Waals surface area contributed by atoms with Crippen LogP contribution in [0.5, 0.6) is 0 Å². The molecule has 0 aliphatic carbocycles. The third-order valence-electron chi connectivity index (χ3n) is 3.64. The lowest BCUT2D eigenvalue weighted by molar-refractivity contribution is -0.140. The van der Waals surface area contributed by atoms with Crippen LogP contribution in [0.2, 0.25) is 5.02 Å². The van der Waals surface area contributed by atoms with E-state index in [2.05, 4.69) is 0 Å². The molecule has 3 unspecified atom stereocenters. The van der Waals surface area contributed by atoms with E-state index in [1.807, 2.05) is 26.0 Å². The van der Waals surface area contributed by atoms with Gasteiger partial charge in [-0.2, -0.15) is 0 Å². The Kier molecular flexibility index (Phi) is 4.20. The number of hydrogen-bond donors (Lipinski definition) is 1. The normalized spacial score (nSPS) is 30.6. The smallest absolute Gasteiger partial charge is 0.197 e. The van der Waals surface area contributed by atoms with Gasteiger partial charge in [0.1, 0.15) is 11.5 Å². The molecule has 0 amide bonds. The quantitative estimate of drug-likeness (QED) is 0.914. The molecule has 0 radical (unpaired) electrons. The molecule has 1 N–H and O–H groups in total. The van der Waals surface area contributed by atoms with E-state index in [1.54, 1.807) is 17.0 Å². The first-order valence-corrected chi connectivity index (χ1v) is 8.65. The summed E-state index contributed by atoms with van der Waals surface area (Å²) in [4.78, 5) is 1.69. The fourth-order valence-electron chi connectivity index (χ4n) is 2.68. The summed E-state index contributed by atoms with van der Waals surface area (Å²) in [5.74, 6) is -0.620. The highest BCUT2D eigenvalue weighted by Gasteiger charge is 2.39. The van der Waals surface area contributed by atoms with Crippen LogP contribution in [0.4, 0.5) is 0 Å². The summed E-state index contributed by atoms with van der Waals surface area (Å²) in [6, 6.07) is 7.14. The third-order valence-corrected chi connectivity index (χ3v) is 5.30. The predicted molar refractivity (Wildman–Crippen MR) is 84.7 cm³/mol. The molecule has 5 nitrogen and oxygen atoms in total. The minimum Gasteiger partial charge on any atom is -0.494 e. The van der Waals surface area contributed by atoms with Gasteiger partial charge in [0.25, 0.3) is 0 Å². The number of halogens is 1. The van der Waals surface area contributed by atoms with Crippen molar-refractivity contribution in [1.82, 2.24) is 4.90 Å². The van der Waals surface area contributed by atoms with Crippen LogP contribution in [-0.2, 0) is 20.3 Å². The molecule has 1 saturated heterocycles. The lowest BCUT2D eigenvalue weighted by Gasteiger charge is -2.28. The molecule has 0 bridgehead atoms. The Bertz CT molecular complexity index is 616. The highest BCUT2D eigenvalue weighted by Crippen LogP contribution is 2.36. The molecule has 3 atom stereocenters. The second kappa shape index (κ2) is 5.85. The van der Waals surface area contributed by atoms with E-state index >= 15 is 0 Å². The van der Waals surface area contributed by atoms with Crippen LogP contribution in [0.25, 0.3) is 0 Å². The Morgan fingerprint density at radius 2 is 2.09 bits per heavy atom. The van der Waals surface area contributed by atoms with Crippen molar-refractivity contribution < 1.29 is 18.8 Å². The monoisotopic (exact) mass is 343 g/mol. The zero-order valence-corrected chi connectivity index (χ0v) is 13.9. The largest absolute Gasteiger partial charge is 0.494 e. The van der Waals surface area contributed by atoms with Crippen molar-refractivity contribution in [2.45, 2.75) is 31.1 Å². The molecule has 0 aromatic heterocycles. The summed E-state index contributed by atoms with van der Waals surface area (Å²) >= 11 is 5.90. The van der Waals surface area contributed by atoms with Gasteiger partial charge in [0.2, 0.25) is 0 Å². The Morgan fingerprint density at radius 1 is 1.41 bits per heavy atom. The zero-order valence-electron chi connectivity index (χ0n) is 12.4. The number of ether oxygens (including phenoxy) is 2. The Hall–Kier alpha value is -1.08. The number of aliphatic hydroxyl groups is 1. The van der Waals surface area contributed by atoms with Gasteiger partial charge in [-0.25, -0.2) is 0 Å². The average Bonchev–Trinajstić information content (AvgIpc) is 2.92. The second-order valence-corrected chi connectivity index (χ2v) is 7.59. The van der Waals surface area contributed by atoms with Crippen LogP contribution < -0.4 is 0 Å². The number of rotatable bonds is 3. The molecule has 2 aliphatic rings. The number of aliphatic hydroxyl groups excluding tert-OH is 1. The molecule has 0 spiro atoms. The highest BCUT2D eigenvalue weighted by molar-refractivity contribution is 7.88. The molecular weight excluding hydrogens is 326 g/mol. The van der Waals surface area contributed by atoms with E-state index < -0.39 is 22.0 Å². The van der Waals surface area contributed by atoms with Crippen LogP contribution >= 0.6 is 11.6 Å². The van der Waals surface area contributed by atoms with Crippen molar-refractivity contribution >= 4 is 22.4 Å². The van der Waals surface area contributed by atoms with E-state index in [0.29, 0.717) is 18.2 Å². The first-order chi connectivity index (χ1) is 10.4. The van der Waals surface area contributed by atoms with Gasteiger partial charge >= 0.3 is 0 Å². The third kappa shape index (κ3) is 3.15. The van der Waals surface area contributed by atoms with Gasteiger partial charge in [-0.1, -0.05) is 23.7 Å². The molecule has 2 heterocycles. The zero-order chi connectivity index (χ0) is 15.9. The Balaban J connectivity index is 1.80. The Labute approximate surface area is 136 Å². The number of nitrogens with zero attached hydrogens (tertiary/aromatic N) is 1. The molecule has 3 rings (SSSR count). The molecule has 22 heavy (non-hydrogen) atoms. The standard InChI is InChI=1S/C15H18ClNO4S/c1-15(2)20-8-12(21-15)7-17-13(18)9-22(19)14(17)10-3-5-11(16)6-4-10/h3-6,9,12,14,18H,7-8H2,1-2H3. The first kappa shape index (κ1) is 15.8. The summed E-state index contributed by atoms with van der Waals surface area (Å²) in [6.45, 7) is 4.55. The SMILES string of the molecule is CC1(C)OCC(CN2C(O)=CS(=O)C2c2ccc(Cl)cc2)O1.